The van der Waals surface area contributed by atoms with Crippen molar-refractivity contribution in [3.05, 3.63) is 95.6 Å². The summed E-state index contributed by atoms with van der Waals surface area (Å²) in [6.07, 6.45) is 4.77. The van der Waals surface area contributed by atoms with Crippen LogP contribution in [0.5, 0.6) is 0 Å². The van der Waals surface area contributed by atoms with E-state index in [1.54, 1.807) is 48.8 Å². The number of amides is 2. The molecule has 3 rings (SSSR count). The normalized spacial score (nSPS) is 10.6. The van der Waals surface area contributed by atoms with Crippen molar-refractivity contribution in [3.8, 4) is 0 Å². The van der Waals surface area contributed by atoms with Gasteiger partial charge in [-0.05, 0) is 66.2 Å². The van der Waals surface area contributed by atoms with Crippen LogP contribution in [0.4, 0.5) is 10.1 Å². The Morgan fingerprint density at radius 2 is 1.44 bits per heavy atom. The van der Waals surface area contributed by atoms with Crippen LogP contribution in [0.1, 0.15) is 26.3 Å². The number of nitrogens with one attached hydrogen (secondary N) is 2. The van der Waals surface area contributed by atoms with Gasteiger partial charge in [-0.2, -0.15) is 5.10 Å². The van der Waals surface area contributed by atoms with Gasteiger partial charge < -0.3 is 5.32 Å². The van der Waals surface area contributed by atoms with E-state index < -0.39 is 5.82 Å². The highest BCUT2D eigenvalue weighted by Gasteiger charge is 2.08. The molecule has 0 aliphatic heterocycles. The highest BCUT2D eigenvalue weighted by Crippen LogP contribution is 2.12. The summed E-state index contributed by atoms with van der Waals surface area (Å²) in [5, 5.41) is 6.56. The first kappa shape index (κ1) is 17.9. The lowest BCUT2D eigenvalue weighted by atomic mass is 10.1. The van der Waals surface area contributed by atoms with Crippen LogP contribution in [-0.4, -0.2) is 23.0 Å². The van der Waals surface area contributed by atoms with Crippen molar-refractivity contribution in [2.45, 2.75) is 0 Å². The Morgan fingerprint density at radius 1 is 0.852 bits per heavy atom. The summed E-state index contributed by atoms with van der Waals surface area (Å²) >= 11 is 0. The molecule has 0 saturated heterocycles. The van der Waals surface area contributed by atoms with Crippen LogP contribution in [0.25, 0.3) is 0 Å². The fourth-order valence-corrected chi connectivity index (χ4v) is 2.19. The molecule has 0 atom stereocenters. The molecule has 2 aromatic carbocycles. The third-order valence-electron chi connectivity index (χ3n) is 3.60. The Labute approximate surface area is 154 Å². The quantitative estimate of drug-likeness (QED) is 0.540. The molecule has 0 bridgehead atoms. The van der Waals surface area contributed by atoms with E-state index in [-0.39, 0.29) is 11.8 Å². The van der Waals surface area contributed by atoms with Crippen LogP contribution >= 0.6 is 0 Å². The predicted molar refractivity (Wildman–Crippen MR) is 100 cm³/mol. The zero-order valence-electron chi connectivity index (χ0n) is 14.1. The summed E-state index contributed by atoms with van der Waals surface area (Å²) in [5.41, 5.74) is 4.48. The van der Waals surface area contributed by atoms with Crippen molar-refractivity contribution in [1.82, 2.24) is 10.4 Å². The minimum Gasteiger partial charge on any atom is -0.322 e. The van der Waals surface area contributed by atoms with Crippen molar-refractivity contribution in [2.24, 2.45) is 5.10 Å². The first-order valence-corrected chi connectivity index (χ1v) is 8.02. The number of nitrogens with zero attached hydrogens (tertiary/aromatic N) is 2. The number of pyridine rings is 1. The fraction of sp³-hybridized carbons (Fsp3) is 0. The van der Waals surface area contributed by atoms with Gasteiger partial charge in [0.05, 0.1) is 6.21 Å². The number of halogens is 1. The maximum atomic E-state index is 12.9. The SMILES string of the molecule is O=C(N/N=C/c1ccncc1)c1ccc(NC(=O)c2ccc(F)cc2)cc1. The lowest BCUT2D eigenvalue weighted by molar-refractivity contribution is 0.0954. The second kappa shape index (κ2) is 8.48. The molecule has 6 nitrogen and oxygen atoms in total. The molecule has 2 amide bonds. The van der Waals surface area contributed by atoms with Gasteiger partial charge in [-0.25, -0.2) is 9.82 Å². The molecule has 0 unspecified atom stereocenters. The molecule has 0 aliphatic carbocycles. The van der Waals surface area contributed by atoms with Crippen molar-refractivity contribution < 1.29 is 14.0 Å². The largest absolute Gasteiger partial charge is 0.322 e. The van der Waals surface area contributed by atoms with Crippen LogP contribution in [0, 0.1) is 5.82 Å². The Morgan fingerprint density at radius 3 is 2.11 bits per heavy atom. The number of carbonyl (C=O) groups is 2. The minimum absolute atomic E-state index is 0.337. The topological polar surface area (TPSA) is 83.4 Å². The van der Waals surface area contributed by atoms with E-state index in [4.69, 9.17) is 0 Å². The number of hydrazone groups is 1. The molecule has 134 valence electrons. The van der Waals surface area contributed by atoms with E-state index in [1.165, 1.54) is 30.5 Å². The number of rotatable bonds is 5. The van der Waals surface area contributed by atoms with E-state index in [9.17, 15) is 14.0 Å². The molecule has 3 aromatic rings. The molecule has 2 N–H and O–H groups in total. The van der Waals surface area contributed by atoms with Crippen molar-refractivity contribution >= 4 is 23.7 Å². The molecular weight excluding hydrogens is 347 g/mol. The minimum atomic E-state index is -0.409. The molecule has 0 radical (unpaired) electrons. The third-order valence-corrected chi connectivity index (χ3v) is 3.60. The van der Waals surface area contributed by atoms with Crippen LogP contribution in [-0.2, 0) is 0 Å². The zero-order chi connectivity index (χ0) is 19.1. The van der Waals surface area contributed by atoms with E-state index in [0.29, 0.717) is 16.8 Å². The summed E-state index contributed by atoms with van der Waals surface area (Å²) < 4.78 is 12.9. The molecule has 0 saturated carbocycles. The number of benzene rings is 2. The van der Waals surface area contributed by atoms with E-state index in [0.717, 1.165) is 5.56 Å². The van der Waals surface area contributed by atoms with Gasteiger partial charge in [-0.15, -0.1) is 0 Å². The van der Waals surface area contributed by atoms with Crippen LogP contribution < -0.4 is 10.7 Å². The number of hydrogen-bond acceptors (Lipinski definition) is 4. The lowest BCUT2D eigenvalue weighted by Crippen LogP contribution is -2.17. The van der Waals surface area contributed by atoms with Crippen LogP contribution in [0.2, 0.25) is 0 Å². The van der Waals surface area contributed by atoms with E-state index in [2.05, 4.69) is 20.8 Å². The van der Waals surface area contributed by atoms with Gasteiger partial charge in [0.25, 0.3) is 11.8 Å². The average molecular weight is 362 g/mol. The fourth-order valence-electron chi connectivity index (χ4n) is 2.19. The summed E-state index contributed by atoms with van der Waals surface area (Å²) in [5.74, 6) is -1.15. The molecular formula is C20H15FN4O2. The van der Waals surface area contributed by atoms with Gasteiger partial charge in [0.15, 0.2) is 0 Å². The molecule has 1 aromatic heterocycles. The zero-order valence-corrected chi connectivity index (χ0v) is 14.1. The lowest BCUT2D eigenvalue weighted by Gasteiger charge is -2.06. The Bertz CT molecular complexity index is 956. The number of carbonyl (C=O) groups excluding carboxylic acids is 2. The summed E-state index contributed by atoms with van der Waals surface area (Å²) in [4.78, 5) is 28.0. The van der Waals surface area contributed by atoms with Gasteiger partial charge >= 0.3 is 0 Å². The molecule has 7 heteroatoms. The smallest absolute Gasteiger partial charge is 0.271 e. The van der Waals surface area contributed by atoms with Gasteiger partial charge in [0, 0.05) is 29.2 Å². The van der Waals surface area contributed by atoms with E-state index >= 15 is 0 Å². The van der Waals surface area contributed by atoms with Crippen molar-refractivity contribution in [1.29, 1.82) is 0 Å². The second-order valence-corrected chi connectivity index (χ2v) is 5.52. The average Bonchev–Trinajstić information content (AvgIpc) is 2.70. The first-order chi connectivity index (χ1) is 13.1. The molecule has 0 spiro atoms. The Hall–Kier alpha value is -3.87. The maximum absolute atomic E-state index is 12.9. The molecule has 0 fully saturated rings. The van der Waals surface area contributed by atoms with Crippen LogP contribution in [0.3, 0.4) is 0 Å². The highest BCUT2D eigenvalue weighted by atomic mass is 19.1. The van der Waals surface area contributed by atoms with Gasteiger partial charge in [-0.1, -0.05) is 0 Å². The first-order valence-electron chi connectivity index (χ1n) is 8.02. The van der Waals surface area contributed by atoms with Crippen LogP contribution in [0.15, 0.2) is 78.2 Å². The molecule has 1 heterocycles. The summed E-state index contributed by atoms with van der Waals surface area (Å²) in [6.45, 7) is 0. The number of hydrogen-bond donors (Lipinski definition) is 2. The second-order valence-electron chi connectivity index (χ2n) is 5.52. The Kier molecular flexibility index (Phi) is 5.64. The monoisotopic (exact) mass is 362 g/mol. The van der Waals surface area contributed by atoms with Gasteiger partial charge in [0.1, 0.15) is 5.82 Å². The van der Waals surface area contributed by atoms with Gasteiger partial charge in [0.2, 0.25) is 0 Å². The maximum Gasteiger partial charge on any atom is 0.271 e. The standard InChI is InChI=1S/C20H15FN4O2/c21-17-5-1-15(2-6-17)19(26)24-18-7-3-16(4-8-18)20(27)25-23-13-14-9-11-22-12-10-14/h1-13H,(H,24,26)(H,25,27)/b23-13+. The summed E-state index contributed by atoms with van der Waals surface area (Å²) in [7, 11) is 0. The predicted octanol–water partition coefficient (Wildman–Crippen LogP) is 3.24. The molecule has 0 aliphatic rings. The van der Waals surface area contributed by atoms with Gasteiger partial charge in [-0.3, -0.25) is 14.6 Å². The number of aromatic nitrogens is 1. The third kappa shape index (κ3) is 5.05. The number of anilines is 1. The highest BCUT2D eigenvalue weighted by molar-refractivity contribution is 6.04. The summed E-state index contributed by atoms with van der Waals surface area (Å²) in [6, 6.07) is 15.1. The van der Waals surface area contributed by atoms with Crippen molar-refractivity contribution in [2.75, 3.05) is 5.32 Å². The molecule has 27 heavy (non-hydrogen) atoms. The van der Waals surface area contributed by atoms with Crippen molar-refractivity contribution in [3.63, 3.8) is 0 Å². The Balaban J connectivity index is 1.57. The van der Waals surface area contributed by atoms with E-state index in [1.807, 2.05) is 0 Å².